The predicted molar refractivity (Wildman–Crippen MR) is 70.5 cm³/mol. The number of imide groups is 1. The van der Waals surface area contributed by atoms with E-state index in [0.29, 0.717) is 16.4 Å². The highest BCUT2D eigenvalue weighted by Crippen LogP contribution is 2.25. The summed E-state index contributed by atoms with van der Waals surface area (Å²) in [7, 11) is 0. The third kappa shape index (κ3) is 2.41. The molecule has 2 amide bonds. The smallest absolute Gasteiger partial charge is 0.282 e. The lowest BCUT2D eigenvalue weighted by molar-refractivity contribution is -0.115. The zero-order valence-corrected chi connectivity index (χ0v) is 10.4. The number of nitrogens with one attached hydrogen (secondary N) is 1. The average Bonchev–Trinajstić information content (AvgIpc) is 2.99. The number of nitrogens with zero attached hydrogens (tertiary/aromatic N) is 3. The van der Waals surface area contributed by atoms with Crippen LogP contribution in [0.4, 0.5) is 4.79 Å². The molecule has 0 aromatic carbocycles. The topological polar surface area (TPSA) is 76.9 Å². The molecule has 0 aliphatic carbocycles. The van der Waals surface area contributed by atoms with Gasteiger partial charge in [0.25, 0.3) is 11.1 Å². The average molecular weight is 272 g/mol. The quantitative estimate of drug-likeness (QED) is 0.840. The van der Waals surface area contributed by atoms with Gasteiger partial charge in [-0.05, 0) is 36.0 Å². The summed E-state index contributed by atoms with van der Waals surface area (Å²) in [6.07, 6.45) is 4.99. The first kappa shape index (κ1) is 11.7. The Bertz CT molecular complexity index is 678. The largest absolute Gasteiger partial charge is 0.290 e. The van der Waals surface area contributed by atoms with Gasteiger partial charge in [-0.25, -0.2) is 9.67 Å². The maximum absolute atomic E-state index is 11.4. The Labute approximate surface area is 112 Å². The molecule has 1 fully saturated rings. The van der Waals surface area contributed by atoms with Crippen LogP contribution in [0.25, 0.3) is 11.9 Å². The van der Waals surface area contributed by atoms with Crippen LogP contribution in [0, 0.1) is 0 Å². The van der Waals surface area contributed by atoms with Crippen LogP contribution in [0.15, 0.2) is 41.6 Å². The number of hydrogen-bond acceptors (Lipinski definition) is 5. The standard InChI is InChI=1S/C12H8N4O2S/c17-11-9(19-12(18)14-11)7-8-4-6-16(15-8)10-3-1-2-5-13-10/h1-7H,(H,14,17,18)/b9-7-. The van der Waals surface area contributed by atoms with Gasteiger partial charge in [-0.15, -0.1) is 0 Å². The number of aromatic nitrogens is 3. The van der Waals surface area contributed by atoms with Gasteiger partial charge in [-0.1, -0.05) is 6.07 Å². The fourth-order valence-electron chi connectivity index (χ4n) is 1.59. The molecule has 0 saturated carbocycles. The van der Waals surface area contributed by atoms with Crippen LogP contribution in [0.3, 0.4) is 0 Å². The number of hydrogen-bond donors (Lipinski definition) is 1. The monoisotopic (exact) mass is 272 g/mol. The minimum atomic E-state index is -0.387. The minimum absolute atomic E-state index is 0.344. The maximum atomic E-state index is 11.4. The number of rotatable bonds is 2. The molecule has 3 rings (SSSR count). The summed E-state index contributed by atoms with van der Waals surface area (Å²) < 4.78 is 1.60. The van der Waals surface area contributed by atoms with Crippen molar-refractivity contribution in [2.75, 3.05) is 0 Å². The number of carbonyl (C=O) groups excluding carboxylic acids is 2. The van der Waals surface area contributed by atoms with Gasteiger partial charge in [0.05, 0.1) is 10.6 Å². The van der Waals surface area contributed by atoms with Gasteiger partial charge in [-0.2, -0.15) is 5.10 Å². The molecule has 6 nitrogen and oxygen atoms in total. The van der Waals surface area contributed by atoms with Gasteiger partial charge in [0, 0.05) is 12.4 Å². The van der Waals surface area contributed by atoms with Crippen LogP contribution in [0.2, 0.25) is 0 Å². The Morgan fingerprint density at radius 1 is 1.26 bits per heavy atom. The summed E-state index contributed by atoms with van der Waals surface area (Å²) in [6, 6.07) is 7.25. The van der Waals surface area contributed by atoms with Crippen molar-refractivity contribution in [1.82, 2.24) is 20.1 Å². The van der Waals surface area contributed by atoms with Gasteiger partial charge >= 0.3 is 0 Å². The molecule has 1 aliphatic heterocycles. The minimum Gasteiger partial charge on any atom is -0.282 e. The number of pyridine rings is 1. The third-order valence-corrected chi connectivity index (χ3v) is 3.23. The zero-order valence-electron chi connectivity index (χ0n) is 9.61. The van der Waals surface area contributed by atoms with Crippen molar-refractivity contribution >= 4 is 29.0 Å². The van der Waals surface area contributed by atoms with Crippen molar-refractivity contribution in [1.29, 1.82) is 0 Å². The highest BCUT2D eigenvalue weighted by molar-refractivity contribution is 8.18. The van der Waals surface area contributed by atoms with E-state index in [1.54, 1.807) is 29.2 Å². The van der Waals surface area contributed by atoms with Crippen LogP contribution in [0.1, 0.15) is 5.69 Å². The first-order valence-corrected chi connectivity index (χ1v) is 6.26. The molecule has 19 heavy (non-hydrogen) atoms. The van der Waals surface area contributed by atoms with Crippen LogP contribution in [0.5, 0.6) is 0 Å². The molecule has 3 heterocycles. The van der Waals surface area contributed by atoms with Crippen molar-refractivity contribution < 1.29 is 9.59 Å². The molecule has 1 aliphatic rings. The van der Waals surface area contributed by atoms with Crippen molar-refractivity contribution in [2.45, 2.75) is 0 Å². The lowest BCUT2D eigenvalue weighted by Crippen LogP contribution is -2.17. The van der Waals surface area contributed by atoms with E-state index in [-0.39, 0.29) is 11.1 Å². The predicted octanol–water partition coefficient (Wildman–Crippen LogP) is 1.59. The summed E-state index contributed by atoms with van der Waals surface area (Å²) in [4.78, 5) is 26.9. The van der Waals surface area contributed by atoms with E-state index in [1.807, 2.05) is 18.2 Å². The fraction of sp³-hybridized carbons (Fsp3) is 0. The Balaban J connectivity index is 1.89. The number of carbonyl (C=O) groups is 2. The first-order chi connectivity index (χ1) is 9.22. The summed E-state index contributed by atoms with van der Waals surface area (Å²) in [5, 5.41) is 6.11. The molecule has 1 N–H and O–H groups in total. The van der Waals surface area contributed by atoms with E-state index in [9.17, 15) is 9.59 Å². The molecule has 2 aromatic heterocycles. The molecule has 0 radical (unpaired) electrons. The van der Waals surface area contributed by atoms with Crippen LogP contribution < -0.4 is 5.32 Å². The molecular weight excluding hydrogens is 264 g/mol. The van der Waals surface area contributed by atoms with Gasteiger partial charge in [0.15, 0.2) is 5.82 Å². The van der Waals surface area contributed by atoms with Crippen LogP contribution in [-0.2, 0) is 4.79 Å². The zero-order chi connectivity index (χ0) is 13.2. The van der Waals surface area contributed by atoms with E-state index in [4.69, 9.17) is 0 Å². The third-order valence-electron chi connectivity index (χ3n) is 2.41. The maximum Gasteiger partial charge on any atom is 0.290 e. The van der Waals surface area contributed by atoms with Crippen LogP contribution in [-0.4, -0.2) is 25.9 Å². The SMILES string of the molecule is O=C1NC(=O)/C(=C/c2ccn(-c3ccccn3)n2)S1. The second-order valence-electron chi connectivity index (χ2n) is 3.73. The molecule has 0 spiro atoms. The molecule has 7 heteroatoms. The lowest BCUT2D eigenvalue weighted by Gasteiger charge is -1.97. The molecular formula is C12H8N4O2S. The second kappa shape index (κ2) is 4.69. The second-order valence-corrected chi connectivity index (χ2v) is 4.74. The lowest BCUT2D eigenvalue weighted by atomic mass is 10.3. The van der Waals surface area contributed by atoms with Crippen molar-refractivity contribution in [3.63, 3.8) is 0 Å². The number of thioether (sulfide) groups is 1. The number of amides is 2. The van der Waals surface area contributed by atoms with Gasteiger partial charge in [0.1, 0.15) is 0 Å². The first-order valence-electron chi connectivity index (χ1n) is 5.44. The fourth-order valence-corrected chi connectivity index (χ4v) is 2.25. The summed E-state index contributed by atoms with van der Waals surface area (Å²) in [5.74, 6) is 0.300. The van der Waals surface area contributed by atoms with Crippen LogP contribution >= 0.6 is 11.8 Å². The molecule has 0 unspecified atom stereocenters. The molecule has 94 valence electrons. The van der Waals surface area contributed by atoms with E-state index in [0.717, 1.165) is 11.8 Å². The Kier molecular flexibility index (Phi) is 2.88. The highest BCUT2D eigenvalue weighted by Gasteiger charge is 2.25. The molecule has 0 bridgehead atoms. The van der Waals surface area contributed by atoms with Gasteiger partial charge in [0.2, 0.25) is 0 Å². The van der Waals surface area contributed by atoms with Gasteiger partial charge < -0.3 is 0 Å². The normalized spacial score (nSPS) is 16.9. The molecule has 0 atom stereocenters. The van der Waals surface area contributed by atoms with E-state index < -0.39 is 0 Å². The summed E-state index contributed by atoms with van der Waals surface area (Å²) >= 11 is 0.870. The van der Waals surface area contributed by atoms with Crippen molar-refractivity contribution in [2.24, 2.45) is 0 Å². The molecule has 1 saturated heterocycles. The highest BCUT2D eigenvalue weighted by atomic mass is 32.2. The Hall–Kier alpha value is -2.41. The van der Waals surface area contributed by atoms with Crippen molar-refractivity contribution in [3.05, 3.63) is 47.3 Å². The van der Waals surface area contributed by atoms with E-state index in [2.05, 4.69) is 15.4 Å². The van der Waals surface area contributed by atoms with Crippen molar-refractivity contribution in [3.8, 4) is 5.82 Å². The molecule has 2 aromatic rings. The van der Waals surface area contributed by atoms with E-state index >= 15 is 0 Å². The van der Waals surface area contributed by atoms with Gasteiger partial charge in [-0.3, -0.25) is 14.9 Å². The Morgan fingerprint density at radius 3 is 2.84 bits per heavy atom. The summed E-state index contributed by atoms with van der Waals surface area (Å²) in [5.41, 5.74) is 0.595. The Morgan fingerprint density at radius 2 is 2.16 bits per heavy atom. The summed E-state index contributed by atoms with van der Waals surface area (Å²) in [6.45, 7) is 0. The van der Waals surface area contributed by atoms with E-state index in [1.165, 1.54) is 0 Å².